The summed E-state index contributed by atoms with van der Waals surface area (Å²) in [6.45, 7) is 8.73. The van der Waals surface area contributed by atoms with E-state index in [0.717, 1.165) is 50.2 Å². The lowest BCUT2D eigenvalue weighted by Crippen LogP contribution is -2.41. The lowest BCUT2D eigenvalue weighted by molar-refractivity contribution is 0.191. The van der Waals surface area contributed by atoms with Gasteiger partial charge in [0.2, 0.25) is 0 Å². The Kier molecular flexibility index (Phi) is 7.18. The van der Waals surface area contributed by atoms with Crippen LogP contribution in [-0.2, 0) is 0 Å². The minimum Gasteiger partial charge on any atom is -0.493 e. The molecular weight excluding hydrogens is 324 g/mol. The van der Waals surface area contributed by atoms with Gasteiger partial charge in [-0.15, -0.1) is 0 Å². The molecule has 1 aromatic rings. The van der Waals surface area contributed by atoms with Crippen molar-refractivity contribution in [2.45, 2.75) is 38.5 Å². The molecule has 2 aliphatic heterocycles. The Morgan fingerprint density at radius 2 is 2.00 bits per heavy atom. The predicted octanol–water partition coefficient (Wildman–Crippen LogP) is 2.84. The number of hydrogen-bond acceptors (Lipinski definition) is 3. The summed E-state index contributed by atoms with van der Waals surface area (Å²) in [7, 11) is 1.85. The van der Waals surface area contributed by atoms with E-state index in [9.17, 15) is 0 Å². The smallest absolute Gasteiger partial charge is 0.190 e. The number of rotatable bonds is 6. The lowest BCUT2D eigenvalue weighted by atomic mass is 9.93. The van der Waals surface area contributed by atoms with Gasteiger partial charge >= 0.3 is 0 Å². The molecule has 0 bridgehead atoms. The third-order valence-corrected chi connectivity index (χ3v) is 5.64. The van der Waals surface area contributed by atoms with Crippen LogP contribution in [0.15, 0.2) is 29.3 Å². The fourth-order valence-electron chi connectivity index (χ4n) is 3.86. The molecule has 0 amide bonds. The first kappa shape index (κ1) is 19.0. The molecule has 1 unspecified atom stereocenters. The second-order valence-corrected chi connectivity index (χ2v) is 7.63. The van der Waals surface area contributed by atoms with Crippen LogP contribution in [0.1, 0.15) is 44.1 Å². The summed E-state index contributed by atoms with van der Waals surface area (Å²) in [4.78, 5) is 6.97. The first-order valence-corrected chi connectivity index (χ1v) is 10.1. The van der Waals surface area contributed by atoms with Crippen LogP contribution in [0.4, 0.5) is 0 Å². The van der Waals surface area contributed by atoms with Crippen molar-refractivity contribution in [2.75, 3.05) is 46.4 Å². The molecule has 5 heteroatoms. The number of aliphatic imine (C=N–C) groups is 1. The van der Waals surface area contributed by atoms with E-state index in [2.05, 4.69) is 45.6 Å². The van der Waals surface area contributed by atoms with Gasteiger partial charge in [0.15, 0.2) is 5.96 Å². The van der Waals surface area contributed by atoms with Crippen LogP contribution in [0.2, 0.25) is 0 Å². The minimum atomic E-state index is 0.480. The van der Waals surface area contributed by atoms with Gasteiger partial charge in [0.25, 0.3) is 0 Å². The summed E-state index contributed by atoms with van der Waals surface area (Å²) in [6, 6.07) is 8.37. The van der Waals surface area contributed by atoms with Crippen LogP contribution in [0.3, 0.4) is 0 Å². The highest BCUT2D eigenvalue weighted by Crippen LogP contribution is 2.32. The number of nitrogens with one attached hydrogen (secondary N) is 2. The molecule has 3 rings (SSSR count). The highest BCUT2D eigenvalue weighted by Gasteiger charge is 2.21. The summed E-state index contributed by atoms with van der Waals surface area (Å²) in [5.74, 6) is 3.32. The molecule has 0 spiro atoms. The van der Waals surface area contributed by atoms with E-state index >= 15 is 0 Å². The maximum atomic E-state index is 5.75. The molecule has 0 radical (unpaired) electrons. The Morgan fingerprint density at radius 3 is 2.81 bits per heavy atom. The van der Waals surface area contributed by atoms with Crippen molar-refractivity contribution in [1.29, 1.82) is 0 Å². The molecule has 2 N–H and O–H groups in total. The van der Waals surface area contributed by atoms with Gasteiger partial charge in [0.1, 0.15) is 5.75 Å². The Labute approximate surface area is 158 Å². The molecular formula is C21H34N4O. The standard InChI is InChI=1S/C21H34N4O/c1-17-8-13-25(14-9-17)12-5-11-23-21(22-2)24-16-18-10-15-26-20-7-4-3-6-19(18)20/h3-4,6-7,17-18H,5,8-16H2,1-2H3,(H2,22,23,24). The highest BCUT2D eigenvalue weighted by molar-refractivity contribution is 5.79. The number of hydrogen-bond donors (Lipinski definition) is 2. The summed E-state index contributed by atoms with van der Waals surface area (Å²) < 4.78 is 5.75. The van der Waals surface area contributed by atoms with E-state index in [0.29, 0.717) is 5.92 Å². The van der Waals surface area contributed by atoms with Gasteiger partial charge in [-0.1, -0.05) is 25.1 Å². The highest BCUT2D eigenvalue weighted by atomic mass is 16.5. The van der Waals surface area contributed by atoms with Crippen LogP contribution in [-0.4, -0.2) is 57.2 Å². The van der Waals surface area contributed by atoms with Crippen LogP contribution in [0, 0.1) is 5.92 Å². The summed E-state index contributed by atoms with van der Waals surface area (Å²) in [5, 5.41) is 6.96. The van der Waals surface area contributed by atoms with Crippen LogP contribution < -0.4 is 15.4 Å². The van der Waals surface area contributed by atoms with Crippen molar-refractivity contribution in [1.82, 2.24) is 15.5 Å². The first-order chi connectivity index (χ1) is 12.8. The molecule has 1 saturated heterocycles. The fourth-order valence-corrected chi connectivity index (χ4v) is 3.86. The maximum Gasteiger partial charge on any atom is 0.190 e. The van der Waals surface area contributed by atoms with Crippen molar-refractivity contribution >= 4 is 5.96 Å². The number of benzene rings is 1. The van der Waals surface area contributed by atoms with Crippen molar-refractivity contribution in [3.63, 3.8) is 0 Å². The van der Waals surface area contributed by atoms with E-state index in [4.69, 9.17) is 4.74 Å². The second kappa shape index (κ2) is 9.81. The van der Waals surface area contributed by atoms with Crippen LogP contribution in [0.5, 0.6) is 5.75 Å². The largest absolute Gasteiger partial charge is 0.493 e. The topological polar surface area (TPSA) is 48.9 Å². The Hall–Kier alpha value is -1.75. The molecule has 2 heterocycles. The van der Waals surface area contributed by atoms with E-state index < -0.39 is 0 Å². The van der Waals surface area contributed by atoms with Gasteiger partial charge in [-0.25, -0.2) is 0 Å². The van der Waals surface area contributed by atoms with Crippen LogP contribution >= 0.6 is 0 Å². The zero-order valence-electron chi connectivity index (χ0n) is 16.3. The number of guanidine groups is 1. The van der Waals surface area contributed by atoms with Gasteiger partial charge in [-0.05, 0) is 62.9 Å². The monoisotopic (exact) mass is 358 g/mol. The number of para-hydroxylation sites is 1. The second-order valence-electron chi connectivity index (χ2n) is 7.63. The zero-order valence-corrected chi connectivity index (χ0v) is 16.3. The van der Waals surface area contributed by atoms with Gasteiger partial charge in [0.05, 0.1) is 6.61 Å². The van der Waals surface area contributed by atoms with Crippen molar-refractivity contribution in [3.05, 3.63) is 29.8 Å². The van der Waals surface area contributed by atoms with Crippen LogP contribution in [0.25, 0.3) is 0 Å². The van der Waals surface area contributed by atoms with E-state index in [1.54, 1.807) is 0 Å². The maximum absolute atomic E-state index is 5.75. The summed E-state index contributed by atoms with van der Waals surface area (Å²) >= 11 is 0. The van der Waals surface area contributed by atoms with E-state index in [-0.39, 0.29) is 0 Å². The summed E-state index contributed by atoms with van der Waals surface area (Å²) in [5.41, 5.74) is 1.31. The van der Waals surface area contributed by atoms with Gasteiger partial charge in [-0.2, -0.15) is 0 Å². The zero-order chi connectivity index (χ0) is 18.2. The Bertz CT molecular complexity index is 581. The predicted molar refractivity (Wildman–Crippen MR) is 108 cm³/mol. The molecule has 26 heavy (non-hydrogen) atoms. The molecule has 2 aliphatic rings. The number of nitrogens with zero attached hydrogens (tertiary/aromatic N) is 2. The quantitative estimate of drug-likeness (QED) is 0.466. The molecule has 0 saturated carbocycles. The third-order valence-electron chi connectivity index (χ3n) is 5.64. The molecule has 0 aromatic heterocycles. The molecule has 144 valence electrons. The van der Waals surface area contributed by atoms with E-state index in [1.165, 1.54) is 38.0 Å². The Morgan fingerprint density at radius 1 is 1.19 bits per heavy atom. The molecule has 1 fully saturated rings. The molecule has 1 aromatic carbocycles. The Balaban J connectivity index is 1.36. The third kappa shape index (κ3) is 5.37. The average Bonchev–Trinajstić information content (AvgIpc) is 2.69. The number of fused-ring (bicyclic) bond motifs is 1. The van der Waals surface area contributed by atoms with Crippen molar-refractivity contribution < 1.29 is 4.74 Å². The number of likely N-dealkylation sites (tertiary alicyclic amines) is 1. The van der Waals surface area contributed by atoms with Crippen molar-refractivity contribution in [2.24, 2.45) is 10.9 Å². The fraction of sp³-hybridized carbons (Fsp3) is 0.667. The van der Waals surface area contributed by atoms with Crippen molar-refractivity contribution in [3.8, 4) is 5.75 Å². The minimum absolute atomic E-state index is 0.480. The average molecular weight is 359 g/mol. The molecule has 5 nitrogen and oxygen atoms in total. The number of ether oxygens (including phenoxy) is 1. The lowest BCUT2D eigenvalue weighted by Gasteiger charge is -2.30. The number of piperidine rings is 1. The molecule has 1 atom stereocenters. The van der Waals surface area contributed by atoms with E-state index in [1.807, 2.05) is 13.1 Å². The van der Waals surface area contributed by atoms with Gasteiger partial charge in [0, 0.05) is 26.1 Å². The van der Waals surface area contributed by atoms with Gasteiger partial charge in [-0.3, -0.25) is 4.99 Å². The SMILES string of the molecule is CN=C(NCCCN1CCC(C)CC1)NCC1CCOc2ccccc21. The van der Waals surface area contributed by atoms with Gasteiger partial charge < -0.3 is 20.3 Å². The normalized spacial score (nSPS) is 21.8. The molecule has 0 aliphatic carbocycles. The first-order valence-electron chi connectivity index (χ1n) is 10.1. The summed E-state index contributed by atoms with van der Waals surface area (Å²) in [6.07, 6.45) is 4.91.